The molecule has 3 rings (SSSR count). The van der Waals surface area contributed by atoms with E-state index in [4.69, 9.17) is 11.6 Å². The van der Waals surface area contributed by atoms with Gasteiger partial charge in [-0.1, -0.05) is 35.9 Å². The zero-order chi connectivity index (χ0) is 18.0. The molecule has 0 unspecified atom stereocenters. The predicted molar refractivity (Wildman–Crippen MR) is 101 cm³/mol. The Labute approximate surface area is 153 Å². The maximum atomic E-state index is 12.4. The van der Waals surface area contributed by atoms with Crippen LogP contribution in [0.15, 0.2) is 47.4 Å². The second-order valence-corrected chi connectivity index (χ2v) is 8.32. The minimum Gasteiger partial charge on any atom is -0.302 e. The van der Waals surface area contributed by atoms with Gasteiger partial charge in [0.05, 0.1) is 20.8 Å². The van der Waals surface area contributed by atoms with Crippen molar-refractivity contribution >= 4 is 59.9 Å². The van der Waals surface area contributed by atoms with Gasteiger partial charge in [0, 0.05) is 11.4 Å². The van der Waals surface area contributed by atoms with Gasteiger partial charge in [-0.25, -0.2) is 13.4 Å². The fraction of sp³-hybridized carbons (Fsp3) is 0.125. The molecule has 0 saturated heterocycles. The molecule has 0 radical (unpaired) electrons. The molecule has 130 valence electrons. The smallest absolute Gasteiger partial charge is 0.261 e. The molecule has 0 bridgehead atoms. The van der Waals surface area contributed by atoms with Crippen molar-refractivity contribution in [3.63, 3.8) is 0 Å². The lowest BCUT2D eigenvalue weighted by Gasteiger charge is -2.08. The number of hydrogen-bond acceptors (Lipinski definition) is 5. The second kappa shape index (κ2) is 6.99. The zero-order valence-electron chi connectivity index (χ0n) is 13.1. The first-order chi connectivity index (χ1) is 11.9. The summed E-state index contributed by atoms with van der Waals surface area (Å²) < 4.78 is 28.2. The number of thiazole rings is 1. The molecule has 0 atom stereocenters. The van der Waals surface area contributed by atoms with Crippen molar-refractivity contribution in [1.29, 1.82) is 0 Å². The lowest BCUT2D eigenvalue weighted by molar-refractivity contribution is -0.115. The number of carbonyl (C=O) groups is 1. The Kier molecular flexibility index (Phi) is 4.94. The number of nitrogens with one attached hydrogen (secondary N) is 2. The lowest BCUT2D eigenvalue weighted by atomic mass is 10.3. The van der Waals surface area contributed by atoms with E-state index in [2.05, 4.69) is 15.0 Å². The van der Waals surface area contributed by atoms with E-state index in [-0.39, 0.29) is 10.8 Å². The van der Waals surface area contributed by atoms with Gasteiger partial charge in [0.2, 0.25) is 5.91 Å². The van der Waals surface area contributed by atoms with E-state index < -0.39 is 10.0 Å². The number of nitrogens with zero attached hydrogens (tertiary/aromatic N) is 1. The topological polar surface area (TPSA) is 88.2 Å². The number of carbonyl (C=O) groups excluding carboxylic acids is 1. The Morgan fingerprint density at radius 2 is 2.04 bits per heavy atom. The summed E-state index contributed by atoms with van der Waals surface area (Å²) in [5, 5.41) is 3.52. The summed E-state index contributed by atoms with van der Waals surface area (Å²) in [6.07, 6.45) is 0.362. The first-order valence-electron chi connectivity index (χ1n) is 7.36. The van der Waals surface area contributed by atoms with Gasteiger partial charge in [0.25, 0.3) is 10.0 Å². The second-order valence-electron chi connectivity index (χ2n) is 5.17. The number of hydrogen-bond donors (Lipinski definition) is 2. The molecule has 0 saturated carbocycles. The number of fused-ring (bicyclic) bond motifs is 1. The van der Waals surface area contributed by atoms with Crippen molar-refractivity contribution in [3.8, 4) is 0 Å². The van der Waals surface area contributed by atoms with Crippen LogP contribution in [0.5, 0.6) is 0 Å². The molecule has 1 aromatic heterocycles. The van der Waals surface area contributed by atoms with Crippen LogP contribution in [0.25, 0.3) is 10.2 Å². The molecule has 0 spiro atoms. The van der Waals surface area contributed by atoms with Gasteiger partial charge >= 0.3 is 0 Å². The molecule has 9 heteroatoms. The normalized spacial score (nSPS) is 11.4. The number of aromatic nitrogens is 1. The van der Waals surface area contributed by atoms with Crippen LogP contribution in [0.2, 0.25) is 5.02 Å². The largest absolute Gasteiger partial charge is 0.302 e. The highest BCUT2D eigenvalue weighted by Gasteiger charge is 2.15. The highest BCUT2D eigenvalue weighted by molar-refractivity contribution is 7.92. The number of benzene rings is 2. The maximum absolute atomic E-state index is 12.4. The van der Waals surface area contributed by atoms with Crippen molar-refractivity contribution in [3.05, 3.63) is 47.5 Å². The SMILES string of the molecule is CCC(=O)Nc1nc2ccc(NS(=O)(=O)c3cccc(Cl)c3)cc2s1. The summed E-state index contributed by atoms with van der Waals surface area (Å²) in [5.41, 5.74) is 1.09. The Bertz CT molecular complexity index is 1050. The lowest BCUT2D eigenvalue weighted by Crippen LogP contribution is -2.12. The highest BCUT2D eigenvalue weighted by atomic mass is 35.5. The van der Waals surface area contributed by atoms with Crippen LogP contribution < -0.4 is 10.0 Å². The van der Waals surface area contributed by atoms with Gasteiger partial charge in [-0.2, -0.15) is 0 Å². The summed E-state index contributed by atoms with van der Waals surface area (Å²) in [5.74, 6) is -0.124. The van der Waals surface area contributed by atoms with E-state index in [0.29, 0.717) is 27.8 Å². The van der Waals surface area contributed by atoms with Gasteiger partial charge in [-0.15, -0.1) is 0 Å². The third kappa shape index (κ3) is 4.09. The predicted octanol–water partition coefficient (Wildman–Crippen LogP) is 4.10. The Hall–Kier alpha value is -2.16. The van der Waals surface area contributed by atoms with Crippen molar-refractivity contribution in [2.75, 3.05) is 10.0 Å². The fourth-order valence-electron chi connectivity index (χ4n) is 2.10. The summed E-state index contributed by atoms with van der Waals surface area (Å²) in [7, 11) is -3.74. The zero-order valence-corrected chi connectivity index (χ0v) is 15.5. The first kappa shape index (κ1) is 17.7. The van der Waals surface area contributed by atoms with Crippen LogP contribution >= 0.6 is 22.9 Å². The average molecular weight is 396 g/mol. The van der Waals surface area contributed by atoms with Crippen LogP contribution in [-0.4, -0.2) is 19.3 Å². The van der Waals surface area contributed by atoms with Crippen molar-refractivity contribution < 1.29 is 13.2 Å². The summed E-state index contributed by atoms with van der Waals surface area (Å²) in [4.78, 5) is 15.8. The van der Waals surface area contributed by atoms with Crippen LogP contribution in [0.1, 0.15) is 13.3 Å². The van der Waals surface area contributed by atoms with Gasteiger partial charge < -0.3 is 5.32 Å². The standard InChI is InChI=1S/C16H14ClN3O3S2/c1-2-15(21)19-16-18-13-7-6-11(9-14(13)24-16)20-25(22,23)12-5-3-4-10(17)8-12/h3-9,20H,2H2,1H3,(H,18,19,21). The van der Waals surface area contributed by atoms with Crippen molar-refractivity contribution in [2.24, 2.45) is 0 Å². The van der Waals surface area contributed by atoms with Crippen LogP contribution in [0, 0.1) is 0 Å². The monoisotopic (exact) mass is 395 g/mol. The maximum Gasteiger partial charge on any atom is 0.261 e. The number of halogens is 1. The Morgan fingerprint density at radius 1 is 1.24 bits per heavy atom. The Morgan fingerprint density at radius 3 is 2.76 bits per heavy atom. The van der Waals surface area contributed by atoms with E-state index in [0.717, 1.165) is 4.70 Å². The summed E-state index contributed by atoms with van der Waals surface area (Å²) in [6, 6.07) is 11.0. The van der Waals surface area contributed by atoms with E-state index >= 15 is 0 Å². The molecule has 3 aromatic rings. The van der Waals surface area contributed by atoms with E-state index in [1.54, 1.807) is 37.3 Å². The molecule has 25 heavy (non-hydrogen) atoms. The molecule has 1 amide bonds. The molecular weight excluding hydrogens is 382 g/mol. The van der Waals surface area contributed by atoms with E-state index in [1.165, 1.54) is 23.5 Å². The van der Waals surface area contributed by atoms with Gasteiger partial charge in [-0.3, -0.25) is 9.52 Å². The number of amides is 1. The first-order valence-corrected chi connectivity index (χ1v) is 10.0. The molecule has 2 N–H and O–H groups in total. The third-order valence-corrected chi connectivity index (χ3v) is 5.86. The van der Waals surface area contributed by atoms with Gasteiger partial charge in [0.1, 0.15) is 0 Å². The molecule has 6 nitrogen and oxygen atoms in total. The highest BCUT2D eigenvalue weighted by Crippen LogP contribution is 2.29. The van der Waals surface area contributed by atoms with E-state index in [9.17, 15) is 13.2 Å². The van der Waals surface area contributed by atoms with Crippen LogP contribution in [-0.2, 0) is 14.8 Å². The molecule has 1 heterocycles. The fourth-order valence-corrected chi connectivity index (χ4v) is 4.37. The van der Waals surface area contributed by atoms with Crippen molar-refractivity contribution in [2.45, 2.75) is 18.2 Å². The number of rotatable bonds is 5. The molecule has 0 aliphatic rings. The molecule has 2 aromatic carbocycles. The van der Waals surface area contributed by atoms with Crippen LogP contribution in [0.4, 0.5) is 10.8 Å². The van der Waals surface area contributed by atoms with E-state index in [1.807, 2.05) is 0 Å². The summed E-state index contributed by atoms with van der Waals surface area (Å²) >= 11 is 7.14. The molecule has 0 aliphatic heterocycles. The molecule has 0 fully saturated rings. The Balaban J connectivity index is 1.87. The third-order valence-electron chi connectivity index (χ3n) is 3.31. The average Bonchev–Trinajstić information content (AvgIpc) is 2.95. The molecule has 0 aliphatic carbocycles. The number of anilines is 2. The van der Waals surface area contributed by atoms with Crippen LogP contribution in [0.3, 0.4) is 0 Å². The van der Waals surface area contributed by atoms with Gasteiger partial charge in [0.15, 0.2) is 5.13 Å². The minimum atomic E-state index is -3.74. The summed E-state index contributed by atoms with van der Waals surface area (Å²) in [6.45, 7) is 1.76. The van der Waals surface area contributed by atoms with Gasteiger partial charge in [-0.05, 0) is 36.4 Å². The quantitative estimate of drug-likeness (QED) is 0.680. The van der Waals surface area contributed by atoms with Crippen molar-refractivity contribution in [1.82, 2.24) is 4.98 Å². The minimum absolute atomic E-state index is 0.0836. The number of sulfonamides is 1. The molecular formula is C16H14ClN3O3S2.